The number of hydrogen-bond acceptors (Lipinski definition) is 5. The van der Waals surface area contributed by atoms with Crippen molar-refractivity contribution in [1.29, 1.82) is 0 Å². The lowest BCUT2D eigenvalue weighted by molar-refractivity contribution is -0.121. The van der Waals surface area contributed by atoms with E-state index in [-0.39, 0.29) is 22.9 Å². The lowest BCUT2D eigenvalue weighted by atomic mass is 10.2. The van der Waals surface area contributed by atoms with Gasteiger partial charge in [0.15, 0.2) is 9.84 Å². The molecule has 1 saturated heterocycles. The molecular formula is C14H19FN2O5S2. The quantitative estimate of drug-likeness (QED) is 0.759. The van der Waals surface area contributed by atoms with Crippen molar-refractivity contribution in [1.82, 2.24) is 9.62 Å². The van der Waals surface area contributed by atoms with Gasteiger partial charge in [-0.1, -0.05) is 13.0 Å². The van der Waals surface area contributed by atoms with Gasteiger partial charge in [0.25, 0.3) is 0 Å². The van der Waals surface area contributed by atoms with Gasteiger partial charge >= 0.3 is 0 Å². The van der Waals surface area contributed by atoms with Gasteiger partial charge in [-0.15, -0.1) is 0 Å². The Morgan fingerprint density at radius 1 is 1.42 bits per heavy atom. The van der Waals surface area contributed by atoms with Crippen LogP contribution in [0.1, 0.15) is 13.3 Å². The molecule has 0 saturated carbocycles. The molecule has 1 amide bonds. The molecular weight excluding hydrogens is 359 g/mol. The molecule has 1 aromatic carbocycles. The summed E-state index contributed by atoms with van der Waals surface area (Å²) in [4.78, 5) is 11.8. The topological polar surface area (TPSA) is 101 Å². The molecule has 0 aliphatic carbocycles. The van der Waals surface area contributed by atoms with Crippen molar-refractivity contribution in [2.75, 3.05) is 24.6 Å². The van der Waals surface area contributed by atoms with Crippen LogP contribution in [0.5, 0.6) is 0 Å². The average molecular weight is 378 g/mol. The second-order valence-electron chi connectivity index (χ2n) is 5.56. The minimum Gasteiger partial charge on any atom is -0.351 e. The Bertz CT molecular complexity index is 823. The smallest absolute Gasteiger partial charge is 0.243 e. The lowest BCUT2D eigenvalue weighted by Gasteiger charge is -2.21. The number of carbonyl (C=O) groups is 1. The molecule has 0 bridgehead atoms. The molecule has 0 aromatic heterocycles. The maximum absolute atomic E-state index is 13.3. The normalized spacial score (nSPS) is 20.2. The van der Waals surface area contributed by atoms with E-state index in [0.29, 0.717) is 6.42 Å². The predicted octanol–water partition coefficient (Wildman–Crippen LogP) is 0.140. The molecule has 1 aliphatic heterocycles. The Hall–Kier alpha value is -1.52. The van der Waals surface area contributed by atoms with Crippen LogP contribution < -0.4 is 5.32 Å². The zero-order valence-electron chi connectivity index (χ0n) is 13.1. The van der Waals surface area contributed by atoms with E-state index < -0.39 is 44.2 Å². The molecule has 2 rings (SSSR count). The first-order valence-electron chi connectivity index (χ1n) is 7.39. The SMILES string of the molecule is CCN(CC(=O)NC1CCS(=O)(=O)C1)S(=O)(=O)c1cccc(F)c1. The number of likely N-dealkylation sites (N-methyl/N-ethyl adjacent to an activating group) is 1. The van der Waals surface area contributed by atoms with Crippen LogP contribution in [-0.2, 0) is 24.7 Å². The number of nitrogens with zero attached hydrogens (tertiary/aromatic N) is 1. The molecule has 1 fully saturated rings. The monoisotopic (exact) mass is 378 g/mol. The summed E-state index contributed by atoms with van der Waals surface area (Å²) < 4.78 is 61.9. The third-order valence-electron chi connectivity index (χ3n) is 3.70. The van der Waals surface area contributed by atoms with E-state index in [1.54, 1.807) is 6.92 Å². The number of hydrogen-bond donors (Lipinski definition) is 1. The third kappa shape index (κ3) is 4.52. The van der Waals surface area contributed by atoms with Crippen molar-refractivity contribution in [3.63, 3.8) is 0 Å². The largest absolute Gasteiger partial charge is 0.351 e. The van der Waals surface area contributed by atoms with Crippen LogP contribution >= 0.6 is 0 Å². The highest BCUT2D eigenvalue weighted by Crippen LogP contribution is 2.17. The average Bonchev–Trinajstić information content (AvgIpc) is 2.83. The minimum absolute atomic E-state index is 0.0109. The predicted molar refractivity (Wildman–Crippen MR) is 86.0 cm³/mol. The summed E-state index contributed by atoms with van der Waals surface area (Å²) in [5.41, 5.74) is 0. The second kappa shape index (κ2) is 7.16. The first-order valence-corrected chi connectivity index (χ1v) is 10.7. The highest BCUT2D eigenvalue weighted by molar-refractivity contribution is 7.91. The maximum atomic E-state index is 13.3. The van der Waals surface area contributed by atoms with Crippen molar-refractivity contribution in [2.24, 2.45) is 0 Å². The van der Waals surface area contributed by atoms with Crippen molar-refractivity contribution < 1.29 is 26.0 Å². The fourth-order valence-corrected chi connectivity index (χ4v) is 5.60. The summed E-state index contributed by atoms with van der Waals surface area (Å²) in [6, 6.07) is 4.04. The number of benzene rings is 1. The first-order chi connectivity index (χ1) is 11.1. The van der Waals surface area contributed by atoms with Crippen LogP contribution in [0.2, 0.25) is 0 Å². The number of carbonyl (C=O) groups excluding carboxylic acids is 1. The zero-order chi connectivity index (χ0) is 18.0. The van der Waals surface area contributed by atoms with Crippen LogP contribution in [0.4, 0.5) is 4.39 Å². The standard InChI is InChI=1S/C14H19FN2O5S2/c1-2-17(24(21,22)13-5-3-4-11(15)8-13)9-14(18)16-12-6-7-23(19,20)10-12/h3-5,8,12H,2,6-7,9-10H2,1H3,(H,16,18). The summed E-state index contributed by atoms with van der Waals surface area (Å²) in [6.07, 6.45) is 0.316. The number of amides is 1. The molecule has 1 heterocycles. The lowest BCUT2D eigenvalue weighted by Crippen LogP contribution is -2.44. The van der Waals surface area contributed by atoms with Crippen LogP contribution in [-0.4, -0.2) is 57.7 Å². The molecule has 10 heteroatoms. The third-order valence-corrected chi connectivity index (χ3v) is 7.39. The Balaban J connectivity index is 2.07. The van der Waals surface area contributed by atoms with Crippen molar-refractivity contribution in [2.45, 2.75) is 24.3 Å². The Morgan fingerprint density at radius 3 is 2.67 bits per heavy atom. The van der Waals surface area contributed by atoms with Gasteiger partial charge in [0, 0.05) is 12.6 Å². The molecule has 24 heavy (non-hydrogen) atoms. The summed E-state index contributed by atoms with van der Waals surface area (Å²) >= 11 is 0. The highest BCUT2D eigenvalue weighted by atomic mass is 32.2. The fourth-order valence-electron chi connectivity index (χ4n) is 2.49. The maximum Gasteiger partial charge on any atom is 0.243 e. The van der Waals surface area contributed by atoms with E-state index in [2.05, 4.69) is 5.32 Å². The molecule has 1 atom stereocenters. The van der Waals surface area contributed by atoms with Gasteiger partial charge in [-0.3, -0.25) is 4.79 Å². The van der Waals surface area contributed by atoms with Crippen molar-refractivity contribution in [3.8, 4) is 0 Å². The van der Waals surface area contributed by atoms with Gasteiger partial charge in [0.2, 0.25) is 15.9 Å². The summed E-state index contributed by atoms with van der Waals surface area (Å²) in [5.74, 6) is -1.40. The second-order valence-corrected chi connectivity index (χ2v) is 9.72. The number of sulfone groups is 1. The number of halogens is 1. The molecule has 7 nitrogen and oxygen atoms in total. The molecule has 1 aromatic rings. The highest BCUT2D eigenvalue weighted by Gasteiger charge is 2.31. The minimum atomic E-state index is -4.01. The van der Waals surface area contributed by atoms with E-state index in [1.165, 1.54) is 12.1 Å². The molecule has 1 aliphatic rings. The van der Waals surface area contributed by atoms with E-state index in [4.69, 9.17) is 0 Å². The molecule has 134 valence electrons. The number of rotatable bonds is 6. The first kappa shape index (κ1) is 18.8. The van der Waals surface area contributed by atoms with Crippen LogP contribution in [0.15, 0.2) is 29.2 Å². The molecule has 1 unspecified atom stereocenters. The molecule has 0 radical (unpaired) electrons. The van der Waals surface area contributed by atoms with E-state index in [0.717, 1.165) is 16.4 Å². The summed E-state index contributed by atoms with van der Waals surface area (Å²) in [5, 5.41) is 2.54. The van der Waals surface area contributed by atoms with Gasteiger partial charge in [-0.05, 0) is 24.6 Å². The van der Waals surface area contributed by atoms with Gasteiger partial charge in [0.1, 0.15) is 5.82 Å². The Morgan fingerprint density at radius 2 is 2.12 bits per heavy atom. The Kier molecular flexibility index (Phi) is 5.61. The van der Waals surface area contributed by atoms with E-state index in [9.17, 15) is 26.0 Å². The summed E-state index contributed by atoms with van der Waals surface area (Å²) in [7, 11) is -7.15. The summed E-state index contributed by atoms with van der Waals surface area (Å²) in [6.45, 7) is 1.13. The fraction of sp³-hybridized carbons (Fsp3) is 0.500. The van der Waals surface area contributed by atoms with Crippen LogP contribution in [0, 0.1) is 5.82 Å². The van der Waals surface area contributed by atoms with Crippen molar-refractivity contribution >= 4 is 25.8 Å². The zero-order valence-corrected chi connectivity index (χ0v) is 14.7. The van der Waals surface area contributed by atoms with Gasteiger partial charge in [0.05, 0.1) is 22.9 Å². The van der Waals surface area contributed by atoms with E-state index >= 15 is 0 Å². The van der Waals surface area contributed by atoms with Crippen LogP contribution in [0.25, 0.3) is 0 Å². The van der Waals surface area contributed by atoms with Crippen molar-refractivity contribution in [3.05, 3.63) is 30.1 Å². The van der Waals surface area contributed by atoms with E-state index in [1.807, 2.05) is 0 Å². The van der Waals surface area contributed by atoms with Gasteiger partial charge in [-0.2, -0.15) is 4.31 Å². The van der Waals surface area contributed by atoms with Gasteiger partial charge < -0.3 is 5.32 Å². The van der Waals surface area contributed by atoms with Gasteiger partial charge in [-0.25, -0.2) is 21.2 Å². The Labute approximate surface area is 140 Å². The number of nitrogens with one attached hydrogen (secondary N) is 1. The van der Waals surface area contributed by atoms with Crippen LogP contribution in [0.3, 0.4) is 0 Å². The number of sulfonamides is 1. The molecule has 0 spiro atoms. The molecule has 1 N–H and O–H groups in total.